The first kappa shape index (κ1) is 18.9. The van der Waals surface area contributed by atoms with Gasteiger partial charge in [-0.1, -0.05) is 18.2 Å². The highest BCUT2D eigenvalue weighted by Crippen LogP contribution is 2.19. The van der Waals surface area contributed by atoms with E-state index in [1.54, 1.807) is 37.4 Å². The fourth-order valence-electron chi connectivity index (χ4n) is 2.92. The van der Waals surface area contributed by atoms with Crippen LogP contribution in [0.15, 0.2) is 48.5 Å². The van der Waals surface area contributed by atoms with Crippen molar-refractivity contribution in [2.75, 3.05) is 25.6 Å². The highest BCUT2D eigenvalue weighted by molar-refractivity contribution is 6.05. The maximum Gasteiger partial charge on any atom is 0.255 e. The largest absolute Gasteiger partial charge is 0.491 e. The minimum atomic E-state index is -0.231. The monoisotopic (exact) mass is 368 g/mol. The number of benzene rings is 2. The van der Waals surface area contributed by atoms with Crippen LogP contribution < -0.4 is 15.4 Å². The van der Waals surface area contributed by atoms with E-state index < -0.39 is 0 Å². The zero-order valence-corrected chi connectivity index (χ0v) is 15.4. The SMILES string of the molecule is CNC(=O)Cc1ccccc1NC(=O)c1ccc(OCC2CCCO2)cc1. The first-order chi connectivity index (χ1) is 13.2. The number of rotatable bonds is 7. The van der Waals surface area contributed by atoms with Gasteiger partial charge < -0.3 is 20.1 Å². The Labute approximate surface area is 158 Å². The first-order valence-electron chi connectivity index (χ1n) is 9.10. The van der Waals surface area contributed by atoms with Crippen LogP contribution in [0.5, 0.6) is 5.75 Å². The molecule has 1 unspecified atom stereocenters. The van der Waals surface area contributed by atoms with Crippen LogP contribution in [-0.4, -0.2) is 38.2 Å². The Morgan fingerprint density at radius 1 is 1.15 bits per heavy atom. The van der Waals surface area contributed by atoms with Crippen molar-refractivity contribution in [3.8, 4) is 5.75 Å². The number of para-hydroxylation sites is 1. The van der Waals surface area contributed by atoms with E-state index in [4.69, 9.17) is 9.47 Å². The van der Waals surface area contributed by atoms with Crippen molar-refractivity contribution >= 4 is 17.5 Å². The summed E-state index contributed by atoms with van der Waals surface area (Å²) in [6, 6.07) is 14.3. The summed E-state index contributed by atoms with van der Waals surface area (Å²) in [7, 11) is 1.59. The van der Waals surface area contributed by atoms with Gasteiger partial charge in [-0.3, -0.25) is 9.59 Å². The van der Waals surface area contributed by atoms with E-state index >= 15 is 0 Å². The van der Waals surface area contributed by atoms with E-state index in [0.29, 0.717) is 23.6 Å². The lowest BCUT2D eigenvalue weighted by Gasteiger charge is -2.12. The maximum atomic E-state index is 12.5. The lowest BCUT2D eigenvalue weighted by molar-refractivity contribution is -0.119. The summed E-state index contributed by atoms with van der Waals surface area (Å²) < 4.78 is 11.2. The van der Waals surface area contributed by atoms with E-state index in [9.17, 15) is 9.59 Å². The molecule has 0 bridgehead atoms. The van der Waals surface area contributed by atoms with Gasteiger partial charge >= 0.3 is 0 Å². The molecule has 0 saturated carbocycles. The van der Waals surface area contributed by atoms with Crippen molar-refractivity contribution in [2.45, 2.75) is 25.4 Å². The van der Waals surface area contributed by atoms with Crippen molar-refractivity contribution in [1.29, 1.82) is 0 Å². The molecule has 2 amide bonds. The molecule has 0 aliphatic carbocycles. The van der Waals surface area contributed by atoms with Crippen LogP contribution >= 0.6 is 0 Å². The number of ether oxygens (including phenoxy) is 2. The molecule has 1 aliphatic rings. The molecule has 1 aliphatic heterocycles. The Morgan fingerprint density at radius 2 is 1.93 bits per heavy atom. The van der Waals surface area contributed by atoms with Crippen LogP contribution in [0, 0.1) is 0 Å². The van der Waals surface area contributed by atoms with Crippen LogP contribution in [0.4, 0.5) is 5.69 Å². The number of hydrogen-bond acceptors (Lipinski definition) is 4. The average molecular weight is 368 g/mol. The molecular weight excluding hydrogens is 344 g/mol. The van der Waals surface area contributed by atoms with E-state index in [0.717, 1.165) is 25.0 Å². The highest BCUT2D eigenvalue weighted by Gasteiger charge is 2.16. The normalized spacial score (nSPS) is 16.0. The number of anilines is 1. The van der Waals surface area contributed by atoms with E-state index in [1.807, 2.05) is 18.2 Å². The van der Waals surface area contributed by atoms with E-state index in [2.05, 4.69) is 10.6 Å². The van der Waals surface area contributed by atoms with Crippen LogP contribution in [0.2, 0.25) is 0 Å². The zero-order valence-electron chi connectivity index (χ0n) is 15.4. The lowest BCUT2D eigenvalue weighted by Crippen LogP contribution is -2.21. The molecule has 1 atom stereocenters. The van der Waals surface area contributed by atoms with Gasteiger partial charge in [0.15, 0.2) is 0 Å². The number of carbonyl (C=O) groups is 2. The second-order valence-electron chi connectivity index (χ2n) is 6.43. The predicted molar refractivity (Wildman–Crippen MR) is 103 cm³/mol. The van der Waals surface area contributed by atoms with E-state index in [1.165, 1.54) is 0 Å². The van der Waals surface area contributed by atoms with Gasteiger partial charge in [-0.15, -0.1) is 0 Å². The standard InChI is InChI=1S/C21H24N2O4/c1-22-20(24)13-16-5-2-3-7-19(16)23-21(25)15-8-10-17(11-9-15)27-14-18-6-4-12-26-18/h2-3,5,7-11,18H,4,6,12-14H2,1H3,(H,22,24)(H,23,25). The van der Waals surface area contributed by atoms with Crippen molar-refractivity contribution in [1.82, 2.24) is 5.32 Å². The molecule has 2 aromatic carbocycles. The smallest absolute Gasteiger partial charge is 0.255 e. The number of carbonyl (C=O) groups excluding carboxylic acids is 2. The van der Waals surface area contributed by atoms with Gasteiger partial charge in [-0.25, -0.2) is 0 Å². The van der Waals surface area contributed by atoms with Gasteiger partial charge in [-0.05, 0) is 48.7 Å². The molecule has 27 heavy (non-hydrogen) atoms. The molecule has 3 rings (SSSR count). The molecule has 0 aromatic heterocycles. The van der Waals surface area contributed by atoms with Crippen molar-refractivity contribution < 1.29 is 19.1 Å². The molecule has 2 N–H and O–H groups in total. The van der Waals surface area contributed by atoms with Gasteiger partial charge in [0, 0.05) is 24.9 Å². The Hall–Kier alpha value is -2.86. The fraction of sp³-hybridized carbons (Fsp3) is 0.333. The Morgan fingerprint density at radius 3 is 2.63 bits per heavy atom. The number of likely N-dealkylation sites (N-methyl/N-ethyl adjacent to an activating group) is 1. The fourth-order valence-corrected chi connectivity index (χ4v) is 2.92. The summed E-state index contributed by atoms with van der Waals surface area (Å²) in [6.07, 6.45) is 2.47. The highest BCUT2D eigenvalue weighted by atomic mass is 16.5. The van der Waals surface area contributed by atoms with Crippen LogP contribution in [0.25, 0.3) is 0 Å². The summed E-state index contributed by atoms with van der Waals surface area (Å²) in [6.45, 7) is 1.33. The van der Waals surface area contributed by atoms with Crippen molar-refractivity contribution in [3.63, 3.8) is 0 Å². The van der Waals surface area contributed by atoms with Gasteiger partial charge in [0.2, 0.25) is 5.91 Å². The maximum absolute atomic E-state index is 12.5. The number of amides is 2. The van der Waals surface area contributed by atoms with Crippen LogP contribution in [0.1, 0.15) is 28.8 Å². The summed E-state index contributed by atoms with van der Waals surface area (Å²) in [5.41, 5.74) is 1.92. The lowest BCUT2D eigenvalue weighted by atomic mass is 10.1. The third kappa shape index (κ3) is 5.31. The minimum absolute atomic E-state index is 0.107. The summed E-state index contributed by atoms with van der Waals surface area (Å²) in [5, 5.41) is 5.46. The molecule has 6 nitrogen and oxygen atoms in total. The summed E-state index contributed by atoms with van der Waals surface area (Å²) in [4.78, 5) is 24.2. The van der Waals surface area contributed by atoms with Crippen molar-refractivity contribution in [3.05, 3.63) is 59.7 Å². The Balaban J connectivity index is 1.60. The molecule has 2 aromatic rings. The molecule has 1 saturated heterocycles. The molecule has 142 valence electrons. The Kier molecular flexibility index (Phi) is 6.44. The van der Waals surface area contributed by atoms with Gasteiger partial charge in [-0.2, -0.15) is 0 Å². The molecule has 6 heteroatoms. The van der Waals surface area contributed by atoms with Crippen LogP contribution in [-0.2, 0) is 16.0 Å². The second-order valence-corrected chi connectivity index (χ2v) is 6.43. The van der Waals surface area contributed by atoms with Gasteiger partial charge in [0.05, 0.1) is 12.5 Å². The predicted octanol–water partition coefficient (Wildman–Crippen LogP) is 2.79. The molecule has 0 radical (unpaired) electrons. The minimum Gasteiger partial charge on any atom is -0.491 e. The number of hydrogen-bond donors (Lipinski definition) is 2. The third-order valence-electron chi connectivity index (χ3n) is 4.47. The average Bonchev–Trinajstić information content (AvgIpc) is 3.22. The molecule has 1 fully saturated rings. The molecule has 1 heterocycles. The first-order valence-corrected chi connectivity index (χ1v) is 9.10. The molecule has 0 spiro atoms. The summed E-state index contributed by atoms with van der Waals surface area (Å²) >= 11 is 0. The van der Waals surface area contributed by atoms with Crippen molar-refractivity contribution in [2.24, 2.45) is 0 Å². The zero-order chi connectivity index (χ0) is 19.1. The van der Waals surface area contributed by atoms with E-state index in [-0.39, 0.29) is 24.3 Å². The quantitative estimate of drug-likeness (QED) is 0.788. The topological polar surface area (TPSA) is 76.7 Å². The Bertz CT molecular complexity index is 783. The molecular formula is C21H24N2O4. The third-order valence-corrected chi connectivity index (χ3v) is 4.47. The van der Waals surface area contributed by atoms with Gasteiger partial charge in [0.1, 0.15) is 12.4 Å². The second kappa shape index (κ2) is 9.19. The van der Waals surface area contributed by atoms with Crippen LogP contribution in [0.3, 0.4) is 0 Å². The summed E-state index contributed by atoms with van der Waals surface area (Å²) in [5.74, 6) is 0.372. The van der Waals surface area contributed by atoms with Gasteiger partial charge in [0.25, 0.3) is 5.91 Å². The number of nitrogens with one attached hydrogen (secondary N) is 2.